The number of nitrogens with one attached hydrogen (secondary N) is 1. The third kappa shape index (κ3) is 4.38. The molecule has 1 aromatic carbocycles. The van der Waals surface area contributed by atoms with E-state index < -0.39 is 10.0 Å². The zero-order valence-electron chi connectivity index (χ0n) is 16.2. The molecular formula is C20H21Cl2N5O2S. The van der Waals surface area contributed by atoms with Gasteiger partial charge < -0.3 is 9.88 Å². The lowest BCUT2D eigenvalue weighted by Gasteiger charge is -2.20. The summed E-state index contributed by atoms with van der Waals surface area (Å²) < 4.78 is 29.3. The maximum absolute atomic E-state index is 13.1. The van der Waals surface area contributed by atoms with Crippen LogP contribution in [0.1, 0.15) is 17.0 Å². The molecule has 1 fully saturated rings. The molecule has 0 amide bonds. The molecule has 1 saturated heterocycles. The molecule has 2 aromatic heterocycles. The predicted molar refractivity (Wildman–Crippen MR) is 116 cm³/mol. The molecule has 3 heterocycles. The summed E-state index contributed by atoms with van der Waals surface area (Å²) in [6.45, 7) is 1.16. The molecule has 7 nitrogen and oxygen atoms in total. The number of hydrogen-bond acceptors (Lipinski definition) is 5. The smallest absolute Gasteiger partial charge is 0.262 e. The van der Waals surface area contributed by atoms with Crippen LogP contribution < -0.4 is 5.32 Å². The van der Waals surface area contributed by atoms with Gasteiger partial charge in [-0.25, -0.2) is 13.4 Å². The zero-order chi connectivity index (χ0) is 21.3. The van der Waals surface area contributed by atoms with Crippen molar-refractivity contribution in [3.8, 4) is 0 Å². The third-order valence-corrected chi connectivity index (χ3v) is 7.56. The highest BCUT2D eigenvalue weighted by Crippen LogP contribution is 2.31. The van der Waals surface area contributed by atoms with Crippen LogP contribution in [0.3, 0.4) is 0 Å². The lowest BCUT2D eigenvalue weighted by atomic mass is 9.95. The second kappa shape index (κ2) is 8.64. The predicted octanol–water partition coefficient (Wildman–Crippen LogP) is 3.07. The highest BCUT2D eigenvalue weighted by Gasteiger charge is 2.40. The Morgan fingerprint density at radius 2 is 2.07 bits per heavy atom. The van der Waals surface area contributed by atoms with Crippen LogP contribution >= 0.6 is 23.2 Å². The number of sulfonamides is 1. The minimum Gasteiger partial charge on any atom is -0.339 e. The Labute approximate surface area is 185 Å². The van der Waals surface area contributed by atoms with E-state index in [1.54, 1.807) is 36.1 Å². The molecule has 1 aliphatic heterocycles. The Balaban J connectivity index is 1.58. The van der Waals surface area contributed by atoms with Crippen molar-refractivity contribution in [1.82, 2.24) is 24.2 Å². The number of benzene rings is 1. The summed E-state index contributed by atoms with van der Waals surface area (Å²) in [6, 6.07) is 9.07. The standard InChI is InChI=1S/C20H21Cl2N5O2S/c1-26-12-20(25-13-26)30(28,29)27-10-17(14-3-2-6-23-8-14)19(11-27)24-9-15-4-5-16(21)7-18(15)22/h2-8,12-13,17,19,24H,9-11H2,1H3/t17-,19+/m1/s1. The topological polar surface area (TPSA) is 80.1 Å². The summed E-state index contributed by atoms with van der Waals surface area (Å²) >= 11 is 12.3. The maximum Gasteiger partial charge on any atom is 0.262 e. The second-order valence-corrected chi connectivity index (χ2v) is 10.0. The van der Waals surface area contributed by atoms with Crippen LogP contribution in [-0.2, 0) is 23.6 Å². The SMILES string of the molecule is Cn1cnc(S(=O)(=O)N2C[C@H](NCc3ccc(Cl)cc3Cl)[C@@H](c3cccnc3)C2)c1. The van der Waals surface area contributed by atoms with E-state index in [9.17, 15) is 8.42 Å². The lowest BCUT2D eigenvalue weighted by Crippen LogP contribution is -2.36. The molecule has 0 aliphatic carbocycles. The molecule has 2 atom stereocenters. The van der Waals surface area contributed by atoms with Crippen molar-refractivity contribution >= 4 is 33.2 Å². The molecule has 30 heavy (non-hydrogen) atoms. The fourth-order valence-electron chi connectivity index (χ4n) is 3.66. The van der Waals surface area contributed by atoms with Gasteiger partial charge in [0.15, 0.2) is 5.03 Å². The average molecular weight is 466 g/mol. The largest absolute Gasteiger partial charge is 0.339 e. The lowest BCUT2D eigenvalue weighted by molar-refractivity contribution is 0.454. The van der Waals surface area contributed by atoms with E-state index >= 15 is 0 Å². The minimum atomic E-state index is -3.69. The van der Waals surface area contributed by atoms with Gasteiger partial charge in [0.25, 0.3) is 10.0 Å². The quantitative estimate of drug-likeness (QED) is 0.604. The van der Waals surface area contributed by atoms with E-state index in [0.717, 1.165) is 11.1 Å². The number of nitrogens with zero attached hydrogens (tertiary/aromatic N) is 4. The number of halogens is 2. The normalized spacial score (nSPS) is 20.0. The van der Waals surface area contributed by atoms with Crippen molar-refractivity contribution in [3.05, 3.63) is 76.4 Å². The van der Waals surface area contributed by atoms with Crippen LogP contribution in [0, 0.1) is 0 Å². The van der Waals surface area contributed by atoms with Gasteiger partial charge in [-0.1, -0.05) is 35.3 Å². The Morgan fingerprint density at radius 1 is 1.23 bits per heavy atom. The molecule has 10 heteroatoms. The Hall–Kier alpha value is -1.97. The van der Waals surface area contributed by atoms with Crippen molar-refractivity contribution in [2.45, 2.75) is 23.5 Å². The van der Waals surface area contributed by atoms with Crippen LogP contribution in [-0.4, -0.2) is 46.4 Å². The number of pyridine rings is 1. The molecule has 1 N–H and O–H groups in total. The summed E-state index contributed by atoms with van der Waals surface area (Å²) in [6.07, 6.45) is 6.49. The molecule has 158 valence electrons. The van der Waals surface area contributed by atoms with Gasteiger partial charge in [0.05, 0.1) is 6.33 Å². The van der Waals surface area contributed by atoms with Crippen LogP contribution in [0.25, 0.3) is 0 Å². The monoisotopic (exact) mass is 465 g/mol. The summed E-state index contributed by atoms with van der Waals surface area (Å²) in [4.78, 5) is 8.25. The first-order chi connectivity index (χ1) is 14.3. The highest BCUT2D eigenvalue weighted by molar-refractivity contribution is 7.89. The Morgan fingerprint density at radius 3 is 2.73 bits per heavy atom. The van der Waals surface area contributed by atoms with E-state index in [0.29, 0.717) is 29.7 Å². The van der Waals surface area contributed by atoms with Gasteiger partial charge in [0, 0.05) is 67.3 Å². The van der Waals surface area contributed by atoms with E-state index in [1.807, 2.05) is 18.2 Å². The first-order valence-electron chi connectivity index (χ1n) is 9.40. The summed E-state index contributed by atoms with van der Waals surface area (Å²) in [7, 11) is -1.95. The van der Waals surface area contributed by atoms with E-state index in [2.05, 4.69) is 15.3 Å². The van der Waals surface area contributed by atoms with Gasteiger partial charge in [-0.05, 0) is 29.3 Å². The van der Waals surface area contributed by atoms with Gasteiger partial charge in [-0.3, -0.25) is 4.98 Å². The fraction of sp³-hybridized carbons (Fsp3) is 0.300. The van der Waals surface area contributed by atoms with Gasteiger partial charge >= 0.3 is 0 Å². The molecule has 0 saturated carbocycles. The zero-order valence-corrected chi connectivity index (χ0v) is 18.6. The summed E-state index contributed by atoms with van der Waals surface area (Å²) in [5.74, 6) is -0.0525. The Kier molecular flexibility index (Phi) is 6.13. The molecule has 0 bridgehead atoms. The highest BCUT2D eigenvalue weighted by atomic mass is 35.5. The maximum atomic E-state index is 13.1. The van der Waals surface area contributed by atoms with Crippen molar-refractivity contribution in [1.29, 1.82) is 0 Å². The van der Waals surface area contributed by atoms with Crippen LogP contribution in [0.4, 0.5) is 0 Å². The summed E-state index contributed by atoms with van der Waals surface area (Å²) in [5, 5.41) is 4.68. The molecule has 0 radical (unpaired) electrons. The van der Waals surface area contributed by atoms with Gasteiger partial charge in [0.2, 0.25) is 0 Å². The van der Waals surface area contributed by atoms with Crippen LogP contribution in [0.5, 0.6) is 0 Å². The molecule has 3 aromatic rings. The second-order valence-electron chi connectivity index (χ2n) is 7.32. The van der Waals surface area contributed by atoms with Crippen molar-refractivity contribution in [2.75, 3.05) is 13.1 Å². The number of imidazole rings is 1. The average Bonchev–Trinajstić information content (AvgIpc) is 3.35. The third-order valence-electron chi connectivity index (χ3n) is 5.25. The molecule has 4 rings (SSSR count). The van der Waals surface area contributed by atoms with Crippen molar-refractivity contribution < 1.29 is 8.42 Å². The number of hydrogen-bond donors (Lipinski definition) is 1. The number of aryl methyl sites for hydroxylation is 1. The molecule has 0 spiro atoms. The molecular weight excluding hydrogens is 445 g/mol. The first kappa shape index (κ1) is 21.3. The van der Waals surface area contributed by atoms with Gasteiger partial charge in [-0.2, -0.15) is 4.31 Å². The molecule has 1 aliphatic rings. The van der Waals surface area contributed by atoms with E-state index in [4.69, 9.17) is 23.2 Å². The fourth-order valence-corrected chi connectivity index (χ4v) is 5.60. The van der Waals surface area contributed by atoms with Crippen LogP contribution in [0.2, 0.25) is 10.0 Å². The van der Waals surface area contributed by atoms with Crippen molar-refractivity contribution in [3.63, 3.8) is 0 Å². The number of rotatable bonds is 6. The summed E-state index contributed by atoms with van der Waals surface area (Å²) in [5.41, 5.74) is 1.88. The van der Waals surface area contributed by atoms with Gasteiger partial charge in [0.1, 0.15) is 0 Å². The van der Waals surface area contributed by atoms with Crippen molar-refractivity contribution in [2.24, 2.45) is 7.05 Å². The van der Waals surface area contributed by atoms with E-state index in [-0.39, 0.29) is 17.0 Å². The first-order valence-corrected chi connectivity index (χ1v) is 11.6. The Bertz CT molecular complexity index is 1140. The van der Waals surface area contributed by atoms with Crippen LogP contribution in [0.15, 0.2) is 60.3 Å². The number of aromatic nitrogens is 3. The van der Waals surface area contributed by atoms with E-state index in [1.165, 1.54) is 16.8 Å². The minimum absolute atomic E-state index is 0.0522. The molecule has 0 unspecified atom stereocenters. The van der Waals surface area contributed by atoms with Gasteiger partial charge in [-0.15, -0.1) is 0 Å².